The summed E-state index contributed by atoms with van der Waals surface area (Å²) in [5.41, 5.74) is 7.56. The highest BCUT2D eigenvalue weighted by Crippen LogP contribution is 2.50. The first-order valence-corrected chi connectivity index (χ1v) is 15.5. The highest BCUT2D eigenvalue weighted by atomic mass is 31.2. The number of rotatable bonds is 19. The average Bonchev–Trinajstić information content (AvgIpc) is 3.02. The lowest BCUT2D eigenvalue weighted by Crippen LogP contribution is -2.38. The molecular formula is C29H40N3O11P. The van der Waals surface area contributed by atoms with E-state index in [0.717, 1.165) is 11.1 Å². The highest BCUT2D eigenvalue weighted by molar-refractivity contribution is 7.52. The Morgan fingerprint density at radius 3 is 1.66 bits per heavy atom. The number of nitrogens with zero attached hydrogens (tertiary/aromatic N) is 2. The number of carbonyl (C=O) groups is 3. The Morgan fingerprint density at radius 2 is 1.20 bits per heavy atom. The Morgan fingerprint density at radius 1 is 0.727 bits per heavy atom. The van der Waals surface area contributed by atoms with Gasteiger partial charge in [-0.15, -0.1) is 4.76 Å². The minimum Gasteiger partial charge on any atom is -0.464 e. The molecule has 0 spiro atoms. The lowest BCUT2D eigenvalue weighted by Gasteiger charge is -2.20. The molecule has 0 aliphatic rings. The number of likely N-dealkylation sites (N-methyl/N-ethyl adjacent to an activating group) is 1. The van der Waals surface area contributed by atoms with Gasteiger partial charge in [0.25, 0.3) is 0 Å². The molecule has 0 heterocycles. The summed E-state index contributed by atoms with van der Waals surface area (Å²) in [5.74, 6) is -0.833. The fraction of sp³-hybridized carbons (Fsp3) is 0.448. The second kappa shape index (κ2) is 20.7. The topological polar surface area (TPSA) is 175 Å². The van der Waals surface area contributed by atoms with Crippen molar-refractivity contribution in [3.05, 3.63) is 71.8 Å². The zero-order valence-electron chi connectivity index (χ0n) is 25.0. The van der Waals surface area contributed by atoms with Gasteiger partial charge in [0.15, 0.2) is 0 Å². The summed E-state index contributed by atoms with van der Waals surface area (Å²) < 4.78 is 53.2. The summed E-state index contributed by atoms with van der Waals surface area (Å²) in [6.07, 6.45) is -0.806. The molecular weight excluding hydrogens is 597 g/mol. The molecule has 0 aliphatic carbocycles. The third-order valence-electron chi connectivity index (χ3n) is 5.37. The zero-order chi connectivity index (χ0) is 32.0. The van der Waals surface area contributed by atoms with Gasteiger partial charge in [-0.2, -0.15) is 0 Å². The van der Waals surface area contributed by atoms with Crippen molar-refractivity contribution in [3.63, 3.8) is 0 Å². The van der Waals surface area contributed by atoms with Crippen LogP contribution in [-0.4, -0.2) is 75.8 Å². The van der Waals surface area contributed by atoms with Gasteiger partial charge < -0.3 is 34.3 Å². The van der Waals surface area contributed by atoms with Gasteiger partial charge in [-0.3, -0.25) is 13.8 Å². The minimum atomic E-state index is -4.20. The van der Waals surface area contributed by atoms with Crippen molar-refractivity contribution in [2.45, 2.75) is 39.4 Å². The van der Waals surface area contributed by atoms with Crippen molar-refractivity contribution >= 4 is 32.0 Å². The lowest BCUT2D eigenvalue weighted by atomic mass is 10.2. The SMILES string of the molecule is CCCOC(=O)CN(C)/C(N)=N/P(=O)(OCCCOC(=O)OCc1ccccc1)OCCCOC(=O)OCc1ccccc1. The fourth-order valence-electron chi connectivity index (χ4n) is 3.14. The molecule has 2 N–H and O–H groups in total. The van der Waals surface area contributed by atoms with Crippen molar-refractivity contribution in [3.8, 4) is 0 Å². The number of esters is 1. The number of guanidine groups is 1. The van der Waals surface area contributed by atoms with Crippen LogP contribution in [0.2, 0.25) is 0 Å². The number of carbonyl (C=O) groups excluding carboxylic acids is 3. The van der Waals surface area contributed by atoms with Crippen LogP contribution < -0.4 is 5.73 Å². The largest absolute Gasteiger partial charge is 0.508 e. The summed E-state index contributed by atoms with van der Waals surface area (Å²) in [7, 11) is -2.74. The number of hydrogen-bond acceptors (Lipinski definition) is 11. The second-order valence-corrected chi connectivity index (χ2v) is 10.8. The molecule has 44 heavy (non-hydrogen) atoms. The third-order valence-corrected chi connectivity index (χ3v) is 6.84. The van der Waals surface area contributed by atoms with Crippen LogP contribution >= 0.6 is 7.75 Å². The molecule has 2 rings (SSSR count). The van der Waals surface area contributed by atoms with E-state index in [2.05, 4.69) is 4.76 Å². The summed E-state index contributed by atoms with van der Waals surface area (Å²) in [5, 5.41) is 0. The summed E-state index contributed by atoms with van der Waals surface area (Å²) in [6.45, 7) is 1.45. The van der Waals surface area contributed by atoms with Crippen molar-refractivity contribution in [1.29, 1.82) is 0 Å². The van der Waals surface area contributed by atoms with Crippen LogP contribution in [-0.2, 0) is 55.3 Å². The zero-order valence-corrected chi connectivity index (χ0v) is 25.9. The molecule has 0 aliphatic heterocycles. The Bertz CT molecular complexity index is 1150. The van der Waals surface area contributed by atoms with Crippen LogP contribution in [0, 0.1) is 0 Å². The van der Waals surface area contributed by atoms with Crippen LogP contribution in [0.1, 0.15) is 37.3 Å². The molecule has 0 fully saturated rings. The predicted octanol–water partition coefficient (Wildman–Crippen LogP) is 4.81. The van der Waals surface area contributed by atoms with Gasteiger partial charge in [0.2, 0.25) is 5.96 Å². The molecule has 0 saturated heterocycles. The highest BCUT2D eigenvalue weighted by Gasteiger charge is 2.26. The van der Waals surface area contributed by atoms with Crippen molar-refractivity contribution < 1.29 is 51.7 Å². The first-order chi connectivity index (χ1) is 21.2. The standard InChI is InChI=1S/C29H40N3O11P/c1-3-16-37-26(33)21-32(2)27(30)31-44(36,42-19-10-17-38-28(34)40-22-24-12-6-4-7-13-24)43-20-11-18-39-29(35)41-23-25-14-8-5-9-15-25/h4-9,12-15H,3,10-11,16-23H2,1-2H3,(H2,30,31,36). The van der Waals surface area contributed by atoms with E-state index in [1.807, 2.05) is 43.3 Å². The van der Waals surface area contributed by atoms with E-state index in [0.29, 0.717) is 6.42 Å². The van der Waals surface area contributed by atoms with Crippen LogP contribution in [0.5, 0.6) is 0 Å². The number of hydrogen-bond donors (Lipinski definition) is 1. The molecule has 0 unspecified atom stereocenters. The normalized spacial score (nSPS) is 11.4. The Kier molecular flexibility index (Phi) is 17.0. The van der Waals surface area contributed by atoms with E-state index in [9.17, 15) is 18.9 Å². The van der Waals surface area contributed by atoms with Gasteiger partial charge in [-0.1, -0.05) is 67.6 Å². The molecule has 15 heteroatoms. The molecule has 2 aromatic carbocycles. The van der Waals surface area contributed by atoms with E-state index in [-0.39, 0.29) is 71.6 Å². The number of nitrogens with two attached hydrogens (primary N) is 1. The summed E-state index contributed by atoms with van der Waals surface area (Å²) >= 11 is 0. The van der Waals surface area contributed by atoms with E-state index in [1.165, 1.54) is 11.9 Å². The van der Waals surface area contributed by atoms with E-state index >= 15 is 0 Å². The fourth-order valence-corrected chi connectivity index (χ4v) is 4.45. The van der Waals surface area contributed by atoms with Gasteiger partial charge in [0.05, 0.1) is 33.0 Å². The minimum absolute atomic E-state index is 0.0567. The average molecular weight is 638 g/mol. The van der Waals surface area contributed by atoms with Crippen molar-refractivity contribution in [2.75, 3.05) is 46.6 Å². The van der Waals surface area contributed by atoms with Gasteiger partial charge in [-0.25, -0.2) is 14.2 Å². The molecule has 0 radical (unpaired) electrons. The van der Waals surface area contributed by atoms with Crippen LogP contribution in [0.25, 0.3) is 0 Å². The smallest absolute Gasteiger partial charge is 0.464 e. The molecule has 0 saturated carbocycles. The molecule has 0 bridgehead atoms. The van der Waals surface area contributed by atoms with E-state index in [1.54, 1.807) is 24.3 Å². The summed E-state index contributed by atoms with van der Waals surface area (Å²) in [4.78, 5) is 36.8. The first-order valence-electron chi connectivity index (χ1n) is 14.0. The molecule has 2 aromatic rings. The summed E-state index contributed by atoms with van der Waals surface area (Å²) in [6, 6.07) is 18.2. The maximum absolute atomic E-state index is 13.4. The second-order valence-electron chi connectivity index (χ2n) is 9.12. The van der Waals surface area contributed by atoms with Crippen LogP contribution in [0.15, 0.2) is 65.4 Å². The van der Waals surface area contributed by atoms with Crippen LogP contribution in [0.4, 0.5) is 9.59 Å². The predicted molar refractivity (Wildman–Crippen MR) is 159 cm³/mol. The van der Waals surface area contributed by atoms with Gasteiger partial charge in [-0.05, 0) is 17.5 Å². The molecule has 0 atom stereocenters. The van der Waals surface area contributed by atoms with Gasteiger partial charge in [0.1, 0.15) is 19.8 Å². The van der Waals surface area contributed by atoms with Gasteiger partial charge in [0, 0.05) is 19.9 Å². The lowest BCUT2D eigenvalue weighted by molar-refractivity contribution is -0.143. The first kappa shape index (κ1) is 36.1. The van der Waals surface area contributed by atoms with E-state index in [4.69, 9.17) is 38.5 Å². The third kappa shape index (κ3) is 15.9. The Balaban J connectivity index is 1.82. The molecule has 242 valence electrons. The maximum atomic E-state index is 13.4. The van der Waals surface area contributed by atoms with E-state index < -0.39 is 26.0 Å². The Labute approximate surface area is 256 Å². The molecule has 0 amide bonds. The van der Waals surface area contributed by atoms with Gasteiger partial charge >= 0.3 is 26.0 Å². The van der Waals surface area contributed by atoms with Crippen LogP contribution in [0.3, 0.4) is 0 Å². The maximum Gasteiger partial charge on any atom is 0.508 e. The quantitative estimate of drug-likeness (QED) is 0.0555. The molecule has 14 nitrogen and oxygen atoms in total. The number of ether oxygens (including phenoxy) is 5. The monoisotopic (exact) mass is 637 g/mol. The Hall–Kier alpha value is -4.13. The van der Waals surface area contributed by atoms with Crippen molar-refractivity contribution in [1.82, 2.24) is 4.90 Å². The number of benzene rings is 2. The molecule has 0 aromatic heterocycles. The van der Waals surface area contributed by atoms with Crippen molar-refractivity contribution in [2.24, 2.45) is 10.5 Å².